The quantitative estimate of drug-likeness (QED) is 0.774. The van der Waals surface area contributed by atoms with E-state index in [1.165, 1.54) is 11.7 Å². The molecule has 13 heavy (non-hydrogen) atoms. The number of aromatic nitrogens is 2. The molecule has 2 heterocycles. The lowest BCUT2D eigenvalue weighted by atomic mass is 10.1. The Labute approximate surface area is 80.7 Å². The van der Waals surface area contributed by atoms with Crippen LogP contribution in [-0.2, 0) is 4.74 Å². The van der Waals surface area contributed by atoms with Crippen LogP contribution in [0.4, 0.5) is 0 Å². The van der Waals surface area contributed by atoms with E-state index < -0.39 is 0 Å². The third-order valence-corrected chi connectivity index (χ3v) is 2.46. The Morgan fingerprint density at radius 3 is 3.15 bits per heavy atom. The molecule has 4 nitrogen and oxygen atoms in total. The van der Waals surface area contributed by atoms with E-state index in [9.17, 15) is 0 Å². The molecule has 1 atom stereocenters. The molecule has 1 aliphatic heterocycles. The van der Waals surface area contributed by atoms with Crippen LogP contribution in [0.2, 0.25) is 0 Å². The van der Waals surface area contributed by atoms with Gasteiger partial charge in [-0.1, -0.05) is 0 Å². The molecule has 5 heteroatoms. The molecule has 0 fully saturated rings. The van der Waals surface area contributed by atoms with Gasteiger partial charge in [-0.15, -0.1) is 0 Å². The van der Waals surface area contributed by atoms with Crippen molar-refractivity contribution in [3.63, 3.8) is 0 Å². The topological polar surface area (TPSA) is 61.0 Å². The van der Waals surface area contributed by atoms with E-state index in [-0.39, 0.29) is 6.04 Å². The number of rotatable bonds is 2. The predicted molar refractivity (Wildman–Crippen MR) is 50.1 cm³/mol. The average molecular weight is 197 g/mol. The van der Waals surface area contributed by atoms with E-state index >= 15 is 0 Å². The second-order valence-electron chi connectivity index (χ2n) is 2.91. The number of allylic oxidation sites excluding steroid dienone is 1. The maximum Gasteiger partial charge on any atom is 0.115 e. The molecule has 2 rings (SSSR count). The molecule has 0 aliphatic carbocycles. The monoisotopic (exact) mass is 197 g/mol. The summed E-state index contributed by atoms with van der Waals surface area (Å²) < 4.78 is 13.4. The molecule has 0 bridgehead atoms. The second-order valence-corrected chi connectivity index (χ2v) is 3.46. The molecule has 0 spiro atoms. The first-order chi connectivity index (χ1) is 6.38. The Kier molecular flexibility index (Phi) is 2.56. The lowest BCUT2D eigenvalue weighted by molar-refractivity contribution is 0.175. The summed E-state index contributed by atoms with van der Waals surface area (Å²) in [6.45, 7) is 0.761. The normalized spacial score (nSPS) is 19.0. The predicted octanol–water partition coefficient (Wildman–Crippen LogP) is 1.23. The molecule has 0 saturated heterocycles. The molecular weight excluding hydrogens is 186 g/mol. The van der Waals surface area contributed by atoms with Crippen LogP contribution in [0.1, 0.15) is 24.6 Å². The molecule has 0 radical (unpaired) electrons. The summed E-state index contributed by atoms with van der Waals surface area (Å²) in [6, 6.07) is -0.237. The minimum absolute atomic E-state index is 0.237. The first-order valence-electron chi connectivity index (χ1n) is 4.24. The maximum atomic E-state index is 5.93. The number of hydrogen-bond acceptors (Lipinski definition) is 5. The summed E-state index contributed by atoms with van der Waals surface area (Å²) in [4.78, 5) is 0. The first kappa shape index (κ1) is 8.65. The number of ether oxygens (including phenoxy) is 1. The zero-order valence-corrected chi connectivity index (χ0v) is 7.96. The standard InChI is InChI=1S/C8H11N3OS/c9-8(6-5-10-13-11-6)7-3-1-2-4-12-7/h3,5,8H,1-2,4,9H2. The highest BCUT2D eigenvalue weighted by molar-refractivity contribution is 6.99. The second kappa shape index (κ2) is 3.85. The van der Waals surface area contributed by atoms with Gasteiger partial charge in [0.25, 0.3) is 0 Å². The fraction of sp³-hybridized carbons (Fsp3) is 0.500. The highest BCUT2D eigenvalue weighted by atomic mass is 32.1. The van der Waals surface area contributed by atoms with E-state index in [1.807, 2.05) is 6.08 Å². The van der Waals surface area contributed by atoms with Crippen molar-refractivity contribution in [1.82, 2.24) is 8.75 Å². The molecular formula is C8H11N3OS. The minimum Gasteiger partial charge on any atom is -0.496 e. The van der Waals surface area contributed by atoms with Gasteiger partial charge in [0.2, 0.25) is 0 Å². The lowest BCUT2D eigenvalue weighted by Gasteiger charge is -2.18. The molecule has 0 amide bonds. The Morgan fingerprint density at radius 2 is 2.54 bits per heavy atom. The van der Waals surface area contributed by atoms with Gasteiger partial charge in [0.05, 0.1) is 30.2 Å². The number of nitrogens with two attached hydrogens (primary N) is 1. The Balaban J connectivity index is 2.12. The van der Waals surface area contributed by atoms with Crippen LogP contribution in [0, 0.1) is 0 Å². The van der Waals surface area contributed by atoms with Crippen LogP contribution in [0.25, 0.3) is 0 Å². The Bertz CT molecular complexity index is 296. The van der Waals surface area contributed by atoms with Crippen LogP contribution in [0.5, 0.6) is 0 Å². The Morgan fingerprint density at radius 1 is 1.62 bits per heavy atom. The lowest BCUT2D eigenvalue weighted by Crippen LogP contribution is -2.18. The van der Waals surface area contributed by atoms with E-state index in [1.54, 1.807) is 6.20 Å². The maximum absolute atomic E-state index is 5.93. The van der Waals surface area contributed by atoms with Gasteiger partial charge in [0, 0.05) is 0 Å². The summed E-state index contributed by atoms with van der Waals surface area (Å²) in [5.41, 5.74) is 6.72. The van der Waals surface area contributed by atoms with Gasteiger partial charge in [0.15, 0.2) is 0 Å². The molecule has 0 aromatic carbocycles. The van der Waals surface area contributed by atoms with Gasteiger partial charge in [-0.2, -0.15) is 8.75 Å². The summed E-state index contributed by atoms with van der Waals surface area (Å²) in [7, 11) is 0. The average Bonchev–Trinajstić information content (AvgIpc) is 2.71. The fourth-order valence-corrected chi connectivity index (χ4v) is 1.71. The molecule has 1 unspecified atom stereocenters. The molecule has 2 N–H and O–H groups in total. The molecule has 1 aromatic heterocycles. The molecule has 0 saturated carbocycles. The highest BCUT2D eigenvalue weighted by Gasteiger charge is 2.17. The van der Waals surface area contributed by atoms with E-state index in [0.29, 0.717) is 0 Å². The van der Waals surface area contributed by atoms with Crippen molar-refractivity contribution in [2.45, 2.75) is 18.9 Å². The Hall–Kier alpha value is -0.940. The SMILES string of the molecule is NC(C1=CCCCO1)c1cnsn1. The number of nitrogens with zero attached hydrogens (tertiary/aromatic N) is 2. The minimum atomic E-state index is -0.237. The molecule has 1 aliphatic rings. The van der Waals surface area contributed by atoms with Crippen molar-refractivity contribution in [1.29, 1.82) is 0 Å². The zero-order chi connectivity index (χ0) is 9.10. The third kappa shape index (κ3) is 1.87. The van der Waals surface area contributed by atoms with Crippen LogP contribution in [0.3, 0.4) is 0 Å². The smallest absolute Gasteiger partial charge is 0.115 e. The van der Waals surface area contributed by atoms with Crippen LogP contribution >= 0.6 is 11.7 Å². The van der Waals surface area contributed by atoms with E-state index in [4.69, 9.17) is 10.5 Å². The molecule has 1 aromatic rings. The largest absolute Gasteiger partial charge is 0.496 e. The van der Waals surface area contributed by atoms with Crippen LogP contribution < -0.4 is 5.73 Å². The molecule has 70 valence electrons. The van der Waals surface area contributed by atoms with Crippen LogP contribution in [0.15, 0.2) is 18.0 Å². The van der Waals surface area contributed by atoms with Crippen molar-refractivity contribution in [3.8, 4) is 0 Å². The van der Waals surface area contributed by atoms with Crippen molar-refractivity contribution < 1.29 is 4.74 Å². The van der Waals surface area contributed by atoms with Crippen molar-refractivity contribution >= 4 is 11.7 Å². The van der Waals surface area contributed by atoms with E-state index in [2.05, 4.69) is 8.75 Å². The third-order valence-electron chi connectivity index (χ3n) is 1.97. The van der Waals surface area contributed by atoms with Gasteiger partial charge in [-0.25, -0.2) is 0 Å². The van der Waals surface area contributed by atoms with Gasteiger partial charge < -0.3 is 10.5 Å². The van der Waals surface area contributed by atoms with Crippen molar-refractivity contribution in [3.05, 3.63) is 23.7 Å². The summed E-state index contributed by atoms with van der Waals surface area (Å²) in [5, 5.41) is 0. The first-order valence-corrected chi connectivity index (χ1v) is 4.97. The van der Waals surface area contributed by atoms with Crippen LogP contribution in [-0.4, -0.2) is 15.4 Å². The summed E-state index contributed by atoms with van der Waals surface area (Å²) in [6.07, 6.45) is 5.84. The van der Waals surface area contributed by atoms with Gasteiger partial charge >= 0.3 is 0 Å². The van der Waals surface area contributed by atoms with Gasteiger partial charge in [0.1, 0.15) is 11.8 Å². The fourth-order valence-electron chi connectivity index (χ4n) is 1.25. The zero-order valence-electron chi connectivity index (χ0n) is 7.14. The van der Waals surface area contributed by atoms with Gasteiger partial charge in [-0.05, 0) is 18.9 Å². The van der Waals surface area contributed by atoms with Crippen molar-refractivity contribution in [2.24, 2.45) is 5.73 Å². The summed E-state index contributed by atoms with van der Waals surface area (Å²) >= 11 is 1.17. The van der Waals surface area contributed by atoms with Crippen molar-refractivity contribution in [2.75, 3.05) is 6.61 Å². The summed E-state index contributed by atoms with van der Waals surface area (Å²) in [5.74, 6) is 0.832. The number of hydrogen-bond donors (Lipinski definition) is 1. The highest BCUT2D eigenvalue weighted by Crippen LogP contribution is 2.22. The van der Waals surface area contributed by atoms with E-state index in [0.717, 1.165) is 30.9 Å². The van der Waals surface area contributed by atoms with Gasteiger partial charge in [-0.3, -0.25) is 0 Å².